The van der Waals surface area contributed by atoms with Crippen LogP contribution in [-0.2, 0) is 0 Å². The average Bonchev–Trinajstić information content (AvgIpc) is 3.09. The number of hydrogen-bond donors (Lipinski definition) is 1. The van der Waals surface area contributed by atoms with E-state index in [1.165, 1.54) is 12.8 Å². The van der Waals surface area contributed by atoms with E-state index in [2.05, 4.69) is 4.98 Å². The molecule has 1 atom stereocenters. The molecule has 1 fully saturated rings. The normalized spacial score (nSPS) is 16.6. The largest absolute Gasteiger partial charge is 0.490 e. The molecule has 0 aliphatic heterocycles. The standard InChI is InChI=1S/C14H16N2OS/c1-9-16-8-13(18-9)14(15)10-2-4-11(5-3-10)17-12-6-7-12/h2-5,8,12,14H,6-7,15H2,1H3. The first-order chi connectivity index (χ1) is 8.72. The Morgan fingerprint density at radius 2 is 2.06 bits per heavy atom. The van der Waals surface area contributed by atoms with Crippen molar-refractivity contribution in [3.63, 3.8) is 0 Å². The number of aryl methyl sites for hydroxylation is 1. The molecule has 1 unspecified atom stereocenters. The fourth-order valence-electron chi connectivity index (χ4n) is 1.82. The third-order valence-electron chi connectivity index (χ3n) is 3.01. The second kappa shape index (κ2) is 4.71. The Morgan fingerprint density at radius 3 is 2.61 bits per heavy atom. The highest BCUT2D eigenvalue weighted by molar-refractivity contribution is 7.11. The van der Waals surface area contributed by atoms with E-state index in [4.69, 9.17) is 10.5 Å². The van der Waals surface area contributed by atoms with Gasteiger partial charge in [0, 0.05) is 11.1 Å². The van der Waals surface area contributed by atoms with Crippen molar-refractivity contribution < 1.29 is 4.74 Å². The van der Waals surface area contributed by atoms with Gasteiger partial charge in [-0.25, -0.2) is 4.98 Å². The maximum atomic E-state index is 6.22. The Labute approximate surface area is 111 Å². The molecule has 0 bridgehead atoms. The average molecular weight is 260 g/mol. The zero-order valence-electron chi connectivity index (χ0n) is 10.3. The van der Waals surface area contributed by atoms with Gasteiger partial charge in [0.1, 0.15) is 5.75 Å². The Kier molecular flexibility index (Phi) is 3.06. The van der Waals surface area contributed by atoms with Gasteiger partial charge in [-0.15, -0.1) is 11.3 Å². The summed E-state index contributed by atoms with van der Waals surface area (Å²) in [4.78, 5) is 5.34. The van der Waals surface area contributed by atoms with Crippen molar-refractivity contribution >= 4 is 11.3 Å². The number of nitrogens with two attached hydrogens (primary N) is 1. The van der Waals surface area contributed by atoms with Crippen molar-refractivity contribution in [2.45, 2.75) is 31.9 Å². The Morgan fingerprint density at radius 1 is 1.33 bits per heavy atom. The molecule has 1 aromatic heterocycles. The van der Waals surface area contributed by atoms with Crippen LogP contribution in [0.4, 0.5) is 0 Å². The lowest BCUT2D eigenvalue weighted by atomic mass is 10.1. The van der Waals surface area contributed by atoms with Crippen LogP contribution in [0.3, 0.4) is 0 Å². The molecule has 1 aliphatic rings. The zero-order valence-corrected chi connectivity index (χ0v) is 11.1. The fraction of sp³-hybridized carbons (Fsp3) is 0.357. The van der Waals surface area contributed by atoms with Gasteiger partial charge < -0.3 is 10.5 Å². The monoisotopic (exact) mass is 260 g/mol. The van der Waals surface area contributed by atoms with E-state index in [0.29, 0.717) is 6.10 Å². The zero-order chi connectivity index (χ0) is 12.5. The summed E-state index contributed by atoms with van der Waals surface area (Å²) in [5.74, 6) is 0.939. The summed E-state index contributed by atoms with van der Waals surface area (Å²) < 4.78 is 5.72. The number of hydrogen-bond acceptors (Lipinski definition) is 4. The van der Waals surface area contributed by atoms with Crippen LogP contribution in [0.25, 0.3) is 0 Å². The van der Waals surface area contributed by atoms with Gasteiger partial charge in [-0.3, -0.25) is 0 Å². The van der Waals surface area contributed by atoms with Crippen LogP contribution >= 0.6 is 11.3 Å². The molecule has 2 aromatic rings. The van der Waals surface area contributed by atoms with Gasteiger partial charge in [-0.05, 0) is 37.5 Å². The van der Waals surface area contributed by atoms with Crippen molar-refractivity contribution in [1.29, 1.82) is 0 Å². The molecule has 3 nitrogen and oxygen atoms in total. The van der Waals surface area contributed by atoms with Crippen LogP contribution in [0, 0.1) is 6.92 Å². The summed E-state index contributed by atoms with van der Waals surface area (Å²) >= 11 is 1.65. The SMILES string of the molecule is Cc1ncc(C(N)c2ccc(OC3CC3)cc2)s1. The minimum atomic E-state index is -0.0915. The predicted molar refractivity (Wildman–Crippen MR) is 73.0 cm³/mol. The smallest absolute Gasteiger partial charge is 0.119 e. The van der Waals surface area contributed by atoms with Gasteiger partial charge in [0.05, 0.1) is 17.2 Å². The molecule has 0 radical (unpaired) electrons. The van der Waals surface area contributed by atoms with E-state index in [-0.39, 0.29) is 6.04 Å². The van der Waals surface area contributed by atoms with E-state index in [1.54, 1.807) is 11.3 Å². The molecule has 2 N–H and O–H groups in total. The van der Waals surface area contributed by atoms with Crippen molar-refractivity contribution in [1.82, 2.24) is 4.98 Å². The molecule has 0 spiro atoms. The van der Waals surface area contributed by atoms with Crippen molar-refractivity contribution in [3.05, 3.63) is 45.9 Å². The number of aromatic nitrogens is 1. The van der Waals surface area contributed by atoms with E-state index >= 15 is 0 Å². The lowest BCUT2D eigenvalue weighted by molar-refractivity contribution is 0.303. The number of rotatable bonds is 4. The van der Waals surface area contributed by atoms with Gasteiger partial charge in [-0.1, -0.05) is 12.1 Å². The quantitative estimate of drug-likeness (QED) is 0.919. The van der Waals surface area contributed by atoms with Gasteiger partial charge in [-0.2, -0.15) is 0 Å². The van der Waals surface area contributed by atoms with Crippen LogP contribution in [0.2, 0.25) is 0 Å². The number of ether oxygens (including phenoxy) is 1. The first-order valence-corrected chi connectivity index (χ1v) is 6.98. The predicted octanol–water partition coefficient (Wildman–Crippen LogP) is 3.04. The summed E-state index contributed by atoms with van der Waals surface area (Å²) in [5.41, 5.74) is 7.32. The van der Waals surface area contributed by atoms with Gasteiger partial charge in [0.25, 0.3) is 0 Å². The third-order valence-corrected chi connectivity index (χ3v) is 4.01. The second-order valence-corrected chi connectivity index (χ2v) is 5.91. The molecule has 1 aromatic carbocycles. The van der Waals surface area contributed by atoms with Gasteiger partial charge >= 0.3 is 0 Å². The van der Waals surface area contributed by atoms with Crippen LogP contribution < -0.4 is 10.5 Å². The van der Waals surface area contributed by atoms with Crippen LogP contribution in [0.1, 0.15) is 34.3 Å². The topological polar surface area (TPSA) is 48.1 Å². The van der Waals surface area contributed by atoms with E-state index in [0.717, 1.165) is 21.2 Å². The summed E-state index contributed by atoms with van der Waals surface area (Å²) in [6.45, 7) is 1.99. The maximum Gasteiger partial charge on any atom is 0.119 e. The van der Waals surface area contributed by atoms with Crippen molar-refractivity contribution in [3.8, 4) is 5.75 Å². The summed E-state index contributed by atoms with van der Waals surface area (Å²) in [6, 6.07) is 7.99. The molecular weight excluding hydrogens is 244 g/mol. The molecule has 18 heavy (non-hydrogen) atoms. The van der Waals surface area contributed by atoms with Crippen LogP contribution in [0.5, 0.6) is 5.75 Å². The van der Waals surface area contributed by atoms with Crippen LogP contribution in [-0.4, -0.2) is 11.1 Å². The molecule has 0 amide bonds. The van der Waals surface area contributed by atoms with Gasteiger partial charge in [0.15, 0.2) is 0 Å². The van der Waals surface area contributed by atoms with E-state index < -0.39 is 0 Å². The third kappa shape index (κ3) is 2.54. The Hall–Kier alpha value is -1.39. The second-order valence-electron chi connectivity index (χ2n) is 4.65. The first kappa shape index (κ1) is 11.7. The number of nitrogens with zero attached hydrogens (tertiary/aromatic N) is 1. The molecule has 94 valence electrons. The molecule has 4 heteroatoms. The Bertz CT molecular complexity index is 531. The Balaban J connectivity index is 1.74. The van der Waals surface area contributed by atoms with Gasteiger partial charge in [0.2, 0.25) is 0 Å². The molecule has 1 heterocycles. The molecule has 1 saturated carbocycles. The highest BCUT2D eigenvalue weighted by Gasteiger charge is 2.23. The minimum Gasteiger partial charge on any atom is -0.490 e. The van der Waals surface area contributed by atoms with Crippen molar-refractivity contribution in [2.75, 3.05) is 0 Å². The van der Waals surface area contributed by atoms with Crippen molar-refractivity contribution in [2.24, 2.45) is 5.73 Å². The summed E-state index contributed by atoms with van der Waals surface area (Å²) in [5, 5.41) is 1.05. The first-order valence-electron chi connectivity index (χ1n) is 6.17. The lowest BCUT2D eigenvalue weighted by Gasteiger charge is -2.10. The summed E-state index contributed by atoms with van der Waals surface area (Å²) in [6.07, 6.45) is 4.66. The molecule has 0 saturated heterocycles. The van der Waals surface area contributed by atoms with E-state index in [9.17, 15) is 0 Å². The number of thiazole rings is 1. The summed E-state index contributed by atoms with van der Waals surface area (Å²) in [7, 11) is 0. The number of benzene rings is 1. The molecule has 1 aliphatic carbocycles. The highest BCUT2D eigenvalue weighted by atomic mass is 32.1. The van der Waals surface area contributed by atoms with E-state index in [1.807, 2.05) is 37.4 Å². The maximum absolute atomic E-state index is 6.22. The highest BCUT2D eigenvalue weighted by Crippen LogP contribution is 2.29. The van der Waals surface area contributed by atoms with Crippen LogP contribution in [0.15, 0.2) is 30.5 Å². The lowest BCUT2D eigenvalue weighted by Crippen LogP contribution is -2.10. The molecule has 3 rings (SSSR count). The molecular formula is C14H16N2OS. The fourth-order valence-corrected chi connectivity index (χ4v) is 2.63. The minimum absolute atomic E-state index is 0.0915.